The lowest BCUT2D eigenvalue weighted by molar-refractivity contribution is -0.339. The molecule has 0 aromatic heterocycles. The molecule has 3 heterocycles. The molecule has 26 heteroatoms. The average molecular weight is 920 g/mol. The Bertz CT molecular complexity index is 1660. The summed E-state index contributed by atoms with van der Waals surface area (Å²) in [6.45, 7) is -1.46. The number of carboxylic acid groups (broad SMARTS) is 1. The van der Waals surface area contributed by atoms with Crippen molar-refractivity contribution in [2.45, 2.75) is 130 Å². The third-order valence-electron chi connectivity index (χ3n) is 9.67. The lowest BCUT2D eigenvalue weighted by Crippen LogP contribution is -2.69. The predicted octanol–water partition coefficient (Wildman–Crippen LogP) is -3.10. The normalized spacial score (nSPS) is 31.7. The van der Waals surface area contributed by atoms with Gasteiger partial charge in [-0.3, -0.25) is 14.1 Å². The van der Waals surface area contributed by atoms with E-state index in [1.165, 1.54) is 6.42 Å². The van der Waals surface area contributed by atoms with E-state index >= 15 is 0 Å². The van der Waals surface area contributed by atoms with Crippen molar-refractivity contribution < 1.29 is 96.4 Å². The van der Waals surface area contributed by atoms with Crippen LogP contribution in [0.2, 0.25) is 0 Å². The van der Waals surface area contributed by atoms with E-state index in [0.29, 0.717) is 23.0 Å². The number of aliphatic carboxylic acids is 1. The monoisotopic (exact) mass is 919 g/mol. The van der Waals surface area contributed by atoms with Crippen LogP contribution in [0.3, 0.4) is 0 Å². The Balaban J connectivity index is 1.38. The predicted molar refractivity (Wildman–Crippen MR) is 209 cm³/mol. The van der Waals surface area contributed by atoms with Crippen molar-refractivity contribution in [1.82, 2.24) is 5.32 Å². The van der Waals surface area contributed by atoms with Gasteiger partial charge >= 0.3 is 16.4 Å². The zero-order valence-electron chi connectivity index (χ0n) is 32.1. The third kappa shape index (κ3) is 14.5. The minimum atomic E-state index is -5.42. The number of hydrogen-bond acceptors (Lipinski definition) is 21. The van der Waals surface area contributed by atoms with Gasteiger partial charge in [0.2, 0.25) is 11.8 Å². The van der Waals surface area contributed by atoms with Crippen LogP contribution in [0.4, 0.5) is 11.4 Å². The molecule has 3 saturated heterocycles. The van der Waals surface area contributed by atoms with Crippen molar-refractivity contribution >= 4 is 61.1 Å². The van der Waals surface area contributed by atoms with Crippen LogP contribution >= 0.6 is 21.6 Å². The lowest BCUT2D eigenvalue weighted by Gasteiger charge is -2.47. The number of rotatable bonds is 22. The second-order valence-electron chi connectivity index (χ2n) is 14.3. The Kier molecular flexibility index (Phi) is 19.5. The average Bonchev–Trinajstić information content (AvgIpc) is 3.71. The number of ether oxygens (including phenoxy) is 4. The van der Waals surface area contributed by atoms with Crippen molar-refractivity contribution in [2.75, 3.05) is 36.1 Å². The number of carboxylic acids is 1. The zero-order chi connectivity index (χ0) is 44.3. The maximum absolute atomic E-state index is 12.5. The molecule has 1 aromatic carbocycles. The molecule has 13 N–H and O–H groups in total. The molecule has 3 aliphatic rings. The van der Waals surface area contributed by atoms with Crippen LogP contribution in [-0.2, 0) is 47.9 Å². The molecule has 23 nitrogen and oxygen atoms in total. The van der Waals surface area contributed by atoms with Crippen LogP contribution in [0, 0.1) is 0 Å². The summed E-state index contributed by atoms with van der Waals surface area (Å²) in [7, 11) is -1.65. The van der Waals surface area contributed by atoms with E-state index < -0.39 is 121 Å². The number of carbonyl (C=O) groups is 3. The summed E-state index contributed by atoms with van der Waals surface area (Å²) in [5.74, 6) is -1.71. The van der Waals surface area contributed by atoms with Gasteiger partial charge in [0.1, 0.15) is 61.0 Å². The smallest absolute Gasteiger partial charge is 0.397 e. The summed E-state index contributed by atoms with van der Waals surface area (Å²) in [4.78, 5) is 36.5. The topological polar surface area (TPSA) is 370 Å². The minimum Gasteiger partial charge on any atom is -0.479 e. The highest BCUT2D eigenvalue weighted by Gasteiger charge is 2.54. The van der Waals surface area contributed by atoms with E-state index in [9.17, 15) is 73.3 Å². The highest BCUT2D eigenvalue weighted by Crippen LogP contribution is 2.40. The van der Waals surface area contributed by atoms with Gasteiger partial charge < -0.3 is 80.9 Å². The molecule has 1 unspecified atom stereocenters. The first kappa shape index (κ1) is 50.2. The maximum atomic E-state index is 12.5. The van der Waals surface area contributed by atoms with Gasteiger partial charge in [0.25, 0.3) is 0 Å². The summed E-state index contributed by atoms with van der Waals surface area (Å²) in [6, 6.07) is 4.73. The molecule has 342 valence electrons. The fourth-order valence-electron chi connectivity index (χ4n) is 6.56. The van der Waals surface area contributed by atoms with Crippen LogP contribution in [-0.4, -0.2) is 193 Å². The van der Waals surface area contributed by atoms with E-state index in [2.05, 4.69) is 20.1 Å². The largest absolute Gasteiger partial charge is 0.479 e. The molecule has 4 rings (SSSR count). The molecule has 1 aromatic rings. The molecule has 2 amide bonds. The van der Waals surface area contributed by atoms with E-state index in [1.54, 1.807) is 24.3 Å². The fraction of sp³-hybridized carbons (Fsp3) is 0.735. The zero-order valence-corrected chi connectivity index (χ0v) is 34.6. The summed E-state index contributed by atoms with van der Waals surface area (Å²) >= 11 is 0. The molecule has 0 spiro atoms. The first-order valence-corrected chi connectivity index (χ1v) is 22.6. The molecule has 60 heavy (non-hydrogen) atoms. The van der Waals surface area contributed by atoms with Crippen LogP contribution in [0.25, 0.3) is 0 Å². The molecule has 0 saturated carbocycles. The SMILES string of the molecule is CC(=O)N[C@H]1[C@@H](OC[C@@H](O)[C@@H](O)[C@H](O)[C@@H](O)CNc2cccc(NC(=O)CCCCC3CCSS3)c2)O[C@H](CO)[C@H](OS(=O)(=O)O)[C@@H]1O[C@@H]1O[C@H](C(=O)O)[C@@H](O)[C@H](O)[C@H]1O. The fourth-order valence-corrected chi connectivity index (χ4v) is 10.1. The molecule has 0 aliphatic carbocycles. The molecular weight excluding hydrogens is 867 g/mol. The quantitative estimate of drug-likeness (QED) is 0.0311. The molecule has 15 atom stereocenters. The number of unbranched alkanes of at least 4 members (excludes halogenated alkanes) is 1. The standard InChI is InChI=1S/C34H53N3O20S3/c1-15(39)36-23-30(55-34-28(47)26(45)27(46)31(56-34)32(48)49)29(57-60(50,51)52)21(13-38)54-33(23)53-14-20(41)25(44)24(43)19(40)12-35-16-5-4-6-17(11-16)37-22(42)8-3-2-7-18-9-10-58-59-18/h4-6,11,18-21,23-31,33-35,38,40-41,43-47H,2-3,7-10,12-14H2,1H3,(H,36,39)(H,37,42)(H,48,49)(H,50,51,52)/t18?,19-,20+,21+,23+,24+,25+,26-,27-,28+,29-,30+,31-,33-,34+/m0/s1. The summed E-state index contributed by atoms with van der Waals surface area (Å²) in [6.07, 6.45) is -22.5. The second-order valence-corrected chi connectivity index (χ2v) is 18.1. The molecule has 0 radical (unpaired) electrons. The Morgan fingerprint density at radius 1 is 0.950 bits per heavy atom. The van der Waals surface area contributed by atoms with E-state index in [0.717, 1.165) is 31.9 Å². The van der Waals surface area contributed by atoms with Gasteiger partial charge in [0, 0.05) is 42.3 Å². The number of hydrogen-bond donors (Lipinski definition) is 13. The van der Waals surface area contributed by atoms with Crippen LogP contribution < -0.4 is 16.0 Å². The Labute approximate surface area is 352 Å². The maximum Gasteiger partial charge on any atom is 0.397 e. The molecule has 3 aliphatic heterocycles. The van der Waals surface area contributed by atoms with Crippen molar-refractivity contribution in [2.24, 2.45) is 0 Å². The number of aliphatic hydroxyl groups excluding tert-OH is 8. The van der Waals surface area contributed by atoms with E-state index in [4.69, 9.17) is 18.9 Å². The van der Waals surface area contributed by atoms with Gasteiger partial charge in [0.15, 0.2) is 18.7 Å². The molecule has 0 bridgehead atoms. The van der Waals surface area contributed by atoms with Crippen molar-refractivity contribution in [3.05, 3.63) is 24.3 Å². The first-order chi connectivity index (χ1) is 28.3. The van der Waals surface area contributed by atoms with Crippen LogP contribution in [0.15, 0.2) is 24.3 Å². The highest BCUT2D eigenvalue weighted by molar-refractivity contribution is 8.77. The third-order valence-corrected chi connectivity index (χ3v) is 13.1. The number of aliphatic hydroxyl groups is 8. The van der Waals surface area contributed by atoms with Gasteiger partial charge in [-0.2, -0.15) is 8.42 Å². The highest BCUT2D eigenvalue weighted by atomic mass is 33.1. The number of anilines is 2. The van der Waals surface area contributed by atoms with Crippen molar-refractivity contribution in [1.29, 1.82) is 0 Å². The van der Waals surface area contributed by atoms with Gasteiger partial charge in [0.05, 0.1) is 19.3 Å². The van der Waals surface area contributed by atoms with Crippen LogP contribution in [0.1, 0.15) is 39.0 Å². The number of amides is 2. The Morgan fingerprint density at radius 3 is 2.28 bits per heavy atom. The first-order valence-electron chi connectivity index (χ1n) is 18.8. The Morgan fingerprint density at radius 2 is 1.65 bits per heavy atom. The van der Waals surface area contributed by atoms with E-state index in [1.807, 2.05) is 21.6 Å². The summed E-state index contributed by atoms with van der Waals surface area (Å²) in [5, 5.41) is 102. The Hall–Kier alpha value is -2.48. The van der Waals surface area contributed by atoms with Crippen molar-refractivity contribution in [3.63, 3.8) is 0 Å². The second kappa shape index (κ2) is 23.3. The van der Waals surface area contributed by atoms with Gasteiger partial charge in [-0.15, -0.1) is 0 Å². The number of benzene rings is 1. The van der Waals surface area contributed by atoms with Crippen LogP contribution in [0.5, 0.6) is 0 Å². The minimum absolute atomic E-state index is 0.162. The van der Waals surface area contributed by atoms with Crippen molar-refractivity contribution in [3.8, 4) is 0 Å². The molecule has 3 fully saturated rings. The molecular formula is C34H53N3O20S3. The number of nitrogens with one attached hydrogen (secondary N) is 3. The lowest BCUT2D eigenvalue weighted by atomic mass is 9.95. The number of carbonyl (C=O) groups excluding carboxylic acids is 2. The van der Waals surface area contributed by atoms with Gasteiger partial charge in [-0.1, -0.05) is 34.1 Å². The van der Waals surface area contributed by atoms with E-state index in [-0.39, 0.29) is 12.5 Å². The summed E-state index contributed by atoms with van der Waals surface area (Å²) in [5.41, 5.74) is 0.918. The summed E-state index contributed by atoms with van der Waals surface area (Å²) < 4.78 is 59.7. The van der Waals surface area contributed by atoms with Gasteiger partial charge in [-0.05, 0) is 37.5 Å². The van der Waals surface area contributed by atoms with Gasteiger partial charge in [-0.25, -0.2) is 8.98 Å².